The van der Waals surface area contributed by atoms with Gasteiger partial charge in [-0.15, -0.1) is 10.2 Å². The molecule has 6 heteroatoms. The summed E-state index contributed by atoms with van der Waals surface area (Å²) in [6.07, 6.45) is 3.32. The van der Waals surface area contributed by atoms with Crippen LogP contribution in [0.25, 0.3) is 0 Å². The van der Waals surface area contributed by atoms with Gasteiger partial charge >= 0.3 is 0 Å². The van der Waals surface area contributed by atoms with Crippen molar-refractivity contribution in [1.29, 1.82) is 0 Å². The zero-order valence-electron chi connectivity index (χ0n) is 10.0. The lowest BCUT2D eigenvalue weighted by molar-refractivity contribution is -0.0135. The van der Waals surface area contributed by atoms with E-state index in [0.29, 0.717) is 18.4 Å². The number of nitrogens with one attached hydrogen (secondary N) is 1. The summed E-state index contributed by atoms with van der Waals surface area (Å²) in [4.78, 5) is 0. The van der Waals surface area contributed by atoms with Gasteiger partial charge in [0.25, 0.3) is 0 Å². The first-order valence-corrected chi connectivity index (χ1v) is 6.70. The summed E-state index contributed by atoms with van der Waals surface area (Å²) in [7, 11) is 0. The molecule has 98 valence electrons. The number of aromatic nitrogens is 2. The number of hydrogen-bond donors (Lipinski definition) is 2. The van der Waals surface area contributed by atoms with Crippen molar-refractivity contribution in [3.8, 4) is 0 Å². The minimum absolute atomic E-state index is 0.0149. The lowest BCUT2D eigenvalue weighted by atomic mass is 10.1. The summed E-state index contributed by atoms with van der Waals surface area (Å²) in [5, 5.41) is 21.8. The number of aliphatic hydroxyl groups is 1. The van der Waals surface area contributed by atoms with Crippen molar-refractivity contribution < 1.29 is 9.84 Å². The zero-order chi connectivity index (χ0) is 12.5. The Labute approximate surface area is 111 Å². The van der Waals surface area contributed by atoms with Crippen LogP contribution in [0.3, 0.4) is 0 Å². The van der Waals surface area contributed by atoms with Crippen molar-refractivity contribution in [2.45, 2.75) is 37.8 Å². The average Bonchev–Trinajstić information content (AvgIpc) is 2.85. The number of aliphatic hydroxyl groups excluding tert-OH is 1. The molecule has 1 aromatic heterocycles. The van der Waals surface area contributed by atoms with E-state index < -0.39 is 6.10 Å². The lowest BCUT2D eigenvalue weighted by Gasteiger charge is -2.29. The first-order valence-electron chi connectivity index (χ1n) is 6.32. The van der Waals surface area contributed by atoms with Crippen LogP contribution >= 0.6 is 11.6 Å². The van der Waals surface area contributed by atoms with Crippen LogP contribution in [0.5, 0.6) is 0 Å². The number of ether oxygens (including phenoxy) is 1. The highest BCUT2D eigenvalue weighted by molar-refractivity contribution is 6.30. The van der Waals surface area contributed by atoms with Crippen LogP contribution in [-0.4, -0.2) is 40.7 Å². The summed E-state index contributed by atoms with van der Waals surface area (Å²) in [5.41, 5.74) is 2.27. The molecule has 0 spiro atoms. The highest BCUT2D eigenvalue weighted by Crippen LogP contribution is 2.31. The SMILES string of the molecule is O[C@@H]1COCC[C@H]1Nc1nnc(Cl)c2c1CCC2. The van der Waals surface area contributed by atoms with E-state index in [9.17, 15) is 5.11 Å². The lowest BCUT2D eigenvalue weighted by Crippen LogP contribution is -2.42. The zero-order valence-corrected chi connectivity index (χ0v) is 10.8. The number of hydrogen-bond acceptors (Lipinski definition) is 5. The maximum absolute atomic E-state index is 9.87. The molecule has 0 bridgehead atoms. The second-order valence-electron chi connectivity index (χ2n) is 4.83. The van der Waals surface area contributed by atoms with E-state index in [2.05, 4.69) is 15.5 Å². The molecule has 5 nitrogen and oxygen atoms in total. The fourth-order valence-electron chi connectivity index (χ4n) is 2.63. The largest absolute Gasteiger partial charge is 0.389 e. The maximum atomic E-state index is 9.87. The minimum Gasteiger partial charge on any atom is -0.389 e. The predicted octanol–water partition coefficient (Wildman–Crippen LogP) is 1.18. The highest BCUT2D eigenvalue weighted by Gasteiger charge is 2.27. The molecule has 0 aromatic carbocycles. The molecular formula is C12H16ClN3O2. The van der Waals surface area contributed by atoms with Gasteiger partial charge in [-0.2, -0.15) is 0 Å². The number of anilines is 1. The molecular weight excluding hydrogens is 254 g/mol. The van der Waals surface area contributed by atoms with Gasteiger partial charge in [0.05, 0.1) is 18.8 Å². The Bertz CT molecular complexity index is 455. The quantitative estimate of drug-likeness (QED) is 0.844. The first-order chi connectivity index (χ1) is 8.75. The van der Waals surface area contributed by atoms with E-state index in [-0.39, 0.29) is 6.04 Å². The molecule has 1 aromatic rings. The topological polar surface area (TPSA) is 67.3 Å². The molecule has 2 heterocycles. The molecule has 1 aliphatic carbocycles. The van der Waals surface area contributed by atoms with E-state index in [1.54, 1.807) is 0 Å². The highest BCUT2D eigenvalue weighted by atomic mass is 35.5. The van der Waals surface area contributed by atoms with Gasteiger partial charge in [-0.1, -0.05) is 11.6 Å². The molecule has 2 atom stereocenters. The van der Waals surface area contributed by atoms with E-state index in [1.807, 2.05) is 0 Å². The molecule has 1 saturated heterocycles. The van der Waals surface area contributed by atoms with Gasteiger partial charge < -0.3 is 15.2 Å². The van der Waals surface area contributed by atoms with Crippen LogP contribution in [0.15, 0.2) is 0 Å². The van der Waals surface area contributed by atoms with Gasteiger partial charge in [-0.05, 0) is 31.2 Å². The van der Waals surface area contributed by atoms with Crippen LogP contribution in [0.2, 0.25) is 5.15 Å². The van der Waals surface area contributed by atoms with Crippen LogP contribution in [0.4, 0.5) is 5.82 Å². The molecule has 0 saturated carbocycles. The molecule has 0 radical (unpaired) electrons. The minimum atomic E-state index is -0.492. The maximum Gasteiger partial charge on any atom is 0.155 e. The summed E-state index contributed by atoms with van der Waals surface area (Å²) in [6, 6.07) is -0.0149. The summed E-state index contributed by atoms with van der Waals surface area (Å²) in [5.74, 6) is 0.776. The fraction of sp³-hybridized carbons (Fsp3) is 0.667. The van der Waals surface area contributed by atoms with Crippen LogP contribution < -0.4 is 5.32 Å². The van der Waals surface area contributed by atoms with Crippen molar-refractivity contribution in [3.05, 3.63) is 16.3 Å². The molecule has 0 amide bonds. The average molecular weight is 270 g/mol. The van der Waals surface area contributed by atoms with Gasteiger partial charge in [0.1, 0.15) is 0 Å². The molecule has 0 unspecified atom stereocenters. The Kier molecular flexibility index (Phi) is 3.37. The molecule has 1 aliphatic heterocycles. The molecule has 1 fully saturated rings. The Hall–Kier alpha value is -0.910. The van der Waals surface area contributed by atoms with Gasteiger partial charge in [0, 0.05) is 12.2 Å². The van der Waals surface area contributed by atoms with E-state index in [1.165, 1.54) is 0 Å². The van der Waals surface area contributed by atoms with Crippen molar-refractivity contribution >= 4 is 17.4 Å². The van der Waals surface area contributed by atoms with Crippen LogP contribution in [0.1, 0.15) is 24.0 Å². The van der Waals surface area contributed by atoms with Crippen molar-refractivity contribution in [2.75, 3.05) is 18.5 Å². The second kappa shape index (κ2) is 4.99. The van der Waals surface area contributed by atoms with Gasteiger partial charge in [0.15, 0.2) is 11.0 Å². The standard InChI is InChI=1S/C12H16ClN3O2/c13-11-7-2-1-3-8(7)12(16-15-11)14-9-4-5-18-6-10(9)17/h9-10,17H,1-6H2,(H,14,16)/t9-,10-/m1/s1. The number of rotatable bonds is 2. The van der Waals surface area contributed by atoms with Gasteiger partial charge in [-0.25, -0.2) is 0 Å². The first kappa shape index (κ1) is 12.1. The Morgan fingerprint density at radius 3 is 2.94 bits per heavy atom. The third-order valence-corrected chi connectivity index (χ3v) is 3.94. The predicted molar refractivity (Wildman–Crippen MR) is 67.9 cm³/mol. The Balaban J connectivity index is 1.83. The number of nitrogens with zero attached hydrogens (tertiary/aromatic N) is 2. The molecule has 2 aliphatic rings. The van der Waals surface area contributed by atoms with Gasteiger partial charge in [0.2, 0.25) is 0 Å². The third-order valence-electron chi connectivity index (χ3n) is 3.64. The summed E-state index contributed by atoms with van der Waals surface area (Å²) in [6.45, 7) is 1.04. The molecule has 3 rings (SSSR count). The van der Waals surface area contributed by atoms with Gasteiger partial charge in [-0.3, -0.25) is 0 Å². The summed E-state index contributed by atoms with van der Waals surface area (Å²) < 4.78 is 5.21. The fourth-order valence-corrected chi connectivity index (χ4v) is 2.88. The molecule has 18 heavy (non-hydrogen) atoms. The van der Waals surface area contributed by atoms with Crippen LogP contribution in [0, 0.1) is 0 Å². The Morgan fingerprint density at radius 2 is 2.11 bits per heavy atom. The van der Waals surface area contributed by atoms with E-state index in [4.69, 9.17) is 16.3 Å². The van der Waals surface area contributed by atoms with Crippen LogP contribution in [-0.2, 0) is 17.6 Å². The van der Waals surface area contributed by atoms with Crippen molar-refractivity contribution in [1.82, 2.24) is 10.2 Å². The smallest absolute Gasteiger partial charge is 0.155 e. The molecule has 2 N–H and O–H groups in total. The van der Waals surface area contributed by atoms with E-state index >= 15 is 0 Å². The number of fused-ring (bicyclic) bond motifs is 1. The normalized spacial score (nSPS) is 27.0. The Morgan fingerprint density at radius 1 is 1.28 bits per heavy atom. The third kappa shape index (κ3) is 2.18. The summed E-state index contributed by atoms with van der Waals surface area (Å²) >= 11 is 6.04. The second-order valence-corrected chi connectivity index (χ2v) is 5.19. The number of halogens is 1. The van der Waals surface area contributed by atoms with Crippen molar-refractivity contribution in [3.63, 3.8) is 0 Å². The van der Waals surface area contributed by atoms with Crippen molar-refractivity contribution in [2.24, 2.45) is 0 Å². The van der Waals surface area contributed by atoms with E-state index in [0.717, 1.165) is 42.6 Å². The monoisotopic (exact) mass is 269 g/mol.